The van der Waals surface area contributed by atoms with Gasteiger partial charge in [0, 0.05) is 25.8 Å². The molecule has 2 fully saturated rings. The van der Waals surface area contributed by atoms with Crippen molar-refractivity contribution in [2.75, 3.05) is 19.3 Å². The van der Waals surface area contributed by atoms with Gasteiger partial charge in [-0.2, -0.15) is 0 Å². The van der Waals surface area contributed by atoms with E-state index in [1.807, 2.05) is 0 Å². The van der Waals surface area contributed by atoms with Gasteiger partial charge in [0.1, 0.15) is 0 Å². The Morgan fingerprint density at radius 1 is 1.24 bits per heavy atom. The number of amides is 1. The van der Waals surface area contributed by atoms with E-state index in [1.54, 1.807) is 4.90 Å². The fourth-order valence-electron chi connectivity index (χ4n) is 2.89. The van der Waals surface area contributed by atoms with Gasteiger partial charge in [0.25, 0.3) is 0 Å². The molecular weight excluding hydrogens is 238 g/mol. The van der Waals surface area contributed by atoms with Gasteiger partial charge in [-0.05, 0) is 25.2 Å². The second-order valence-electron chi connectivity index (χ2n) is 5.43. The average molecular weight is 259 g/mol. The van der Waals surface area contributed by atoms with Crippen molar-refractivity contribution in [3.8, 4) is 0 Å². The third-order valence-electron chi connectivity index (χ3n) is 4.04. The molecule has 1 aliphatic carbocycles. The van der Waals surface area contributed by atoms with Crippen LogP contribution in [0.2, 0.25) is 0 Å². The molecule has 0 aromatic heterocycles. The quantitative estimate of drug-likeness (QED) is 0.765. The first-order valence-corrected chi connectivity index (χ1v) is 8.39. The third-order valence-corrected chi connectivity index (χ3v) is 5.64. The van der Waals surface area contributed by atoms with Crippen molar-refractivity contribution in [3.05, 3.63) is 0 Å². The van der Waals surface area contributed by atoms with E-state index in [2.05, 4.69) is 0 Å². The predicted octanol–water partition coefficient (Wildman–Crippen LogP) is 1.21. The van der Waals surface area contributed by atoms with E-state index < -0.39 is 9.84 Å². The van der Waals surface area contributed by atoms with Crippen LogP contribution in [0.1, 0.15) is 38.5 Å². The molecule has 4 nitrogen and oxygen atoms in total. The smallest absolute Gasteiger partial charge is 0.222 e. The van der Waals surface area contributed by atoms with Crippen LogP contribution in [-0.2, 0) is 14.6 Å². The van der Waals surface area contributed by atoms with E-state index in [9.17, 15) is 13.2 Å². The average Bonchev–Trinajstić information content (AvgIpc) is 2.85. The Morgan fingerprint density at radius 2 is 1.88 bits per heavy atom. The second kappa shape index (κ2) is 4.96. The number of hydrogen-bond donors (Lipinski definition) is 0. The Bertz CT molecular complexity index is 385. The summed E-state index contributed by atoms with van der Waals surface area (Å²) in [6, 6.07) is 0. The van der Waals surface area contributed by atoms with Crippen LogP contribution in [0.25, 0.3) is 0 Å². The molecule has 1 amide bonds. The van der Waals surface area contributed by atoms with Gasteiger partial charge in [0.05, 0.1) is 5.25 Å². The van der Waals surface area contributed by atoms with Gasteiger partial charge in [-0.1, -0.05) is 12.8 Å². The number of nitrogens with zero attached hydrogens (tertiary/aromatic N) is 1. The van der Waals surface area contributed by atoms with E-state index in [-0.39, 0.29) is 11.2 Å². The lowest BCUT2D eigenvalue weighted by Gasteiger charge is -2.18. The van der Waals surface area contributed by atoms with Crippen molar-refractivity contribution in [1.82, 2.24) is 4.90 Å². The minimum Gasteiger partial charge on any atom is -0.341 e. The molecule has 1 saturated heterocycles. The van der Waals surface area contributed by atoms with Gasteiger partial charge in [0.15, 0.2) is 9.84 Å². The van der Waals surface area contributed by atoms with Gasteiger partial charge >= 0.3 is 0 Å². The van der Waals surface area contributed by atoms with Gasteiger partial charge in [0.2, 0.25) is 5.91 Å². The number of carbonyl (C=O) groups excluding carboxylic acids is 1. The van der Waals surface area contributed by atoms with Gasteiger partial charge in [-0.15, -0.1) is 0 Å². The second-order valence-corrected chi connectivity index (χ2v) is 7.76. The van der Waals surface area contributed by atoms with Crippen molar-refractivity contribution in [1.29, 1.82) is 0 Å². The fraction of sp³-hybridized carbons (Fsp3) is 0.917. The first-order valence-electron chi connectivity index (χ1n) is 6.43. The van der Waals surface area contributed by atoms with Crippen LogP contribution in [-0.4, -0.2) is 43.8 Å². The zero-order valence-corrected chi connectivity index (χ0v) is 11.2. The van der Waals surface area contributed by atoms with Crippen molar-refractivity contribution in [3.63, 3.8) is 0 Å². The number of hydrogen-bond acceptors (Lipinski definition) is 3. The van der Waals surface area contributed by atoms with E-state index in [0.717, 1.165) is 12.8 Å². The molecule has 17 heavy (non-hydrogen) atoms. The largest absolute Gasteiger partial charge is 0.341 e. The zero-order chi connectivity index (χ0) is 12.5. The number of rotatable bonds is 3. The third kappa shape index (κ3) is 3.21. The number of likely N-dealkylation sites (tertiary alicyclic amines) is 1. The van der Waals surface area contributed by atoms with Crippen LogP contribution in [0, 0.1) is 5.92 Å². The van der Waals surface area contributed by atoms with Crippen molar-refractivity contribution < 1.29 is 13.2 Å². The van der Waals surface area contributed by atoms with Crippen molar-refractivity contribution in [2.45, 2.75) is 43.8 Å². The van der Waals surface area contributed by atoms with E-state index in [1.165, 1.54) is 19.1 Å². The maximum absolute atomic E-state index is 12.0. The van der Waals surface area contributed by atoms with Crippen LogP contribution in [0.15, 0.2) is 0 Å². The number of carbonyl (C=O) groups is 1. The molecule has 0 radical (unpaired) electrons. The molecule has 1 aliphatic heterocycles. The van der Waals surface area contributed by atoms with Crippen LogP contribution in [0.3, 0.4) is 0 Å². The summed E-state index contributed by atoms with van der Waals surface area (Å²) in [4.78, 5) is 13.7. The molecule has 1 heterocycles. The summed E-state index contributed by atoms with van der Waals surface area (Å²) in [5.41, 5.74) is 0. The van der Waals surface area contributed by atoms with E-state index in [0.29, 0.717) is 31.8 Å². The first kappa shape index (κ1) is 12.9. The molecule has 0 aromatic rings. The molecule has 1 unspecified atom stereocenters. The summed E-state index contributed by atoms with van der Waals surface area (Å²) in [5, 5.41) is -0.338. The Kier molecular flexibility index (Phi) is 3.76. The molecule has 0 aromatic carbocycles. The highest BCUT2D eigenvalue weighted by molar-refractivity contribution is 7.91. The molecule has 1 atom stereocenters. The SMILES string of the molecule is CS(=O)(=O)C1CCN(C(=O)CC2CCCC2)C1. The Balaban J connectivity index is 1.85. The molecule has 0 bridgehead atoms. The first-order chi connectivity index (χ1) is 7.97. The highest BCUT2D eigenvalue weighted by Gasteiger charge is 2.33. The van der Waals surface area contributed by atoms with Crippen LogP contribution in [0.4, 0.5) is 0 Å². The predicted molar refractivity (Wildman–Crippen MR) is 66.4 cm³/mol. The maximum atomic E-state index is 12.0. The molecule has 1 saturated carbocycles. The van der Waals surface area contributed by atoms with Crippen LogP contribution >= 0.6 is 0 Å². The lowest BCUT2D eigenvalue weighted by atomic mass is 10.0. The summed E-state index contributed by atoms with van der Waals surface area (Å²) in [6.07, 6.45) is 7.30. The Hall–Kier alpha value is -0.580. The summed E-state index contributed by atoms with van der Waals surface area (Å²) < 4.78 is 22.8. The van der Waals surface area contributed by atoms with Gasteiger partial charge < -0.3 is 4.90 Å². The normalized spacial score (nSPS) is 26.6. The minimum atomic E-state index is -2.99. The summed E-state index contributed by atoms with van der Waals surface area (Å²) in [6.45, 7) is 1.02. The van der Waals surface area contributed by atoms with Gasteiger partial charge in [-0.3, -0.25) is 4.79 Å². The lowest BCUT2D eigenvalue weighted by molar-refractivity contribution is -0.131. The summed E-state index contributed by atoms with van der Waals surface area (Å²) >= 11 is 0. The minimum absolute atomic E-state index is 0.156. The molecule has 2 aliphatic rings. The Labute approximate surface area is 103 Å². The number of sulfone groups is 1. The Morgan fingerprint density at radius 3 is 2.41 bits per heavy atom. The van der Waals surface area contributed by atoms with Crippen LogP contribution < -0.4 is 0 Å². The van der Waals surface area contributed by atoms with Crippen LogP contribution in [0.5, 0.6) is 0 Å². The molecule has 2 rings (SSSR count). The van der Waals surface area contributed by atoms with Crippen molar-refractivity contribution >= 4 is 15.7 Å². The van der Waals surface area contributed by atoms with E-state index in [4.69, 9.17) is 0 Å². The highest BCUT2D eigenvalue weighted by atomic mass is 32.2. The molecular formula is C12H21NO3S. The monoisotopic (exact) mass is 259 g/mol. The lowest BCUT2D eigenvalue weighted by Crippen LogP contribution is -2.32. The standard InChI is InChI=1S/C12H21NO3S/c1-17(15,16)11-6-7-13(9-11)12(14)8-10-4-2-3-5-10/h10-11H,2-9H2,1H3. The molecule has 0 N–H and O–H groups in total. The molecule has 5 heteroatoms. The summed E-state index contributed by atoms with van der Waals surface area (Å²) in [5.74, 6) is 0.697. The highest BCUT2D eigenvalue weighted by Crippen LogP contribution is 2.29. The zero-order valence-electron chi connectivity index (χ0n) is 10.4. The molecule has 0 spiro atoms. The fourth-order valence-corrected chi connectivity index (χ4v) is 3.88. The molecule has 98 valence electrons. The maximum Gasteiger partial charge on any atom is 0.222 e. The van der Waals surface area contributed by atoms with E-state index >= 15 is 0 Å². The van der Waals surface area contributed by atoms with Crippen molar-refractivity contribution in [2.24, 2.45) is 5.92 Å². The topological polar surface area (TPSA) is 54.5 Å². The summed E-state index contributed by atoms with van der Waals surface area (Å²) in [7, 11) is -2.99. The van der Waals surface area contributed by atoms with Gasteiger partial charge in [-0.25, -0.2) is 8.42 Å².